The summed E-state index contributed by atoms with van der Waals surface area (Å²) in [5.41, 5.74) is 0.353. The van der Waals surface area contributed by atoms with E-state index in [2.05, 4.69) is 16.5 Å². The molecule has 0 bridgehead atoms. The molecular formula is C9H10N2O2. The molecule has 0 unspecified atom stereocenters. The van der Waals surface area contributed by atoms with Gasteiger partial charge in [0.2, 0.25) is 5.88 Å². The molecule has 0 spiro atoms. The summed E-state index contributed by atoms with van der Waals surface area (Å²) >= 11 is 0. The number of aromatic nitrogens is 2. The Bertz CT molecular complexity index is 323. The summed E-state index contributed by atoms with van der Waals surface area (Å²) in [6.45, 7) is 3.47. The predicted octanol–water partition coefficient (Wildman–Crippen LogP) is 1.24. The lowest BCUT2D eigenvalue weighted by molar-refractivity contribution is 0.0990. The van der Waals surface area contributed by atoms with Crippen molar-refractivity contribution in [2.45, 2.75) is 6.42 Å². The van der Waals surface area contributed by atoms with Gasteiger partial charge < -0.3 is 4.74 Å². The van der Waals surface area contributed by atoms with E-state index in [4.69, 9.17) is 4.74 Å². The maximum atomic E-state index is 11.3. The van der Waals surface area contributed by atoms with Crippen LogP contribution in [0.15, 0.2) is 25.0 Å². The predicted molar refractivity (Wildman–Crippen MR) is 47.7 cm³/mol. The van der Waals surface area contributed by atoms with Crippen LogP contribution in [-0.2, 0) is 0 Å². The Hall–Kier alpha value is -1.71. The standard InChI is InChI=1S/C9H10N2O2/c1-3-4-8(12)7-5-9(13-2)11-6-10-7/h3,5-6H,1,4H2,2H3. The molecule has 0 atom stereocenters. The molecule has 13 heavy (non-hydrogen) atoms. The Morgan fingerprint density at radius 3 is 3.08 bits per heavy atom. The first-order chi connectivity index (χ1) is 6.27. The lowest BCUT2D eigenvalue weighted by atomic mass is 10.2. The molecule has 0 aromatic carbocycles. The second-order valence-electron chi connectivity index (χ2n) is 2.36. The second kappa shape index (κ2) is 4.35. The highest BCUT2D eigenvalue weighted by Crippen LogP contribution is 2.07. The Morgan fingerprint density at radius 1 is 1.69 bits per heavy atom. The molecule has 4 nitrogen and oxygen atoms in total. The fourth-order valence-electron chi connectivity index (χ4n) is 0.839. The van der Waals surface area contributed by atoms with Crippen LogP contribution in [0.25, 0.3) is 0 Å². The Morgan fingerprint density at radius 2 is 2.46 bits per heavy atom. The van der Waals surface area contributed by atoms with Crippen LogP contribution in [0, 0.1) is 0 Å². The molecule has 0 N–H and O–H groups in total. The van der Waals surface area contributed by atoms with Crippen LogP contribution < -0.4 is 4.74 Å². The first kappa shape index (κ1) is 9.38. The smallest absolute Gasteiger partial charge is 0.216 e. The van der Waals surface area contributed by atoms with Gasteiger partial charge in [0.1, 0.15) is 12.0 Å². The molecular weight excluding hydrogens is 168 g/mol. The number of ether oxygens (including phenoxy) is 1. The van der Waals surface area contributed by atoms with E-state index in [-0.39, 0.29) is 12.2 Å². The normalized spacial score (nSPS) is 9.31. The molecule has 0 amide bonds. The van der Waals surface area contributed by atoms with Gasteiger partial charge in [0, 0.05) is 12.5 Å². The van der Waals surface area contributed by atoms with E-state index in [0.29, 0.717) is 11.6 Å². The summed E-state index contributed by atoms with van der Waals surface area (Å²) in [6.07, 6.45) is 3.12. The molecule has 1 heterocycles. The zero-order valence-electron chi connectivity index (χ0n) is 7.36. The second-order valence-corrected chi connectivity index (χ2v) is 2.36. The summed E-state index contributed by atoms with van der Waals surface area (Å²) in [5, 5.41) is 0. The van der Waals surface area contributed by atoms with Gasteiger partial charge in [0.25, 0.3) is 0 Å². The lowest BCUT2D eigenvalue weighted by Crippen LogP contribution is -2.01. The molecule has 0 aliphatic rings. The zero-order chi connectivity index (χ0) is 9.68. The van der Waals surface area contributed by atoms with E-state index in [1.807, 2.05) is 0 Å². The highest BCUT2D eigenvalue weighted by molar-refractivity contribution is 5.95. The van der Waals surface area contributed by atoms with Crippen LogP contribution in [0.3, 0.4) is 0 Å². The van der Waals surface area contributed by atoms with E-state index in [1.165, 1.54) is 25.6 Å². The van der Waals surface area contributed by atoms with Crippen molar-refractivity contribution in [3.05, 3.63) is 30.7 Å². The van der Waals surface area contributed by atoms with Crippen molar-refractivity contribution in [2.24, 2.45) is 0 Å². The van der Waals surface area contributed by atoms with Crippen molar-refractivity contribution < 1.29 is 9.53 Å². The molecule has 68 valence electrons. The maximum absolute atomic E-state index is 11.3. The number of methoxy groups -OCH3 is 1. The van der Waals surface area contributed by atoms with E-state index < -0.39 is 0 Å². The number of nitrogens with zero attached hydrogens (tertiary/aromatic N) is 2. The first-order valence-electron chi connectivity index (χ1n) is 3.78. The summed E-state index contributed by atoms with van der Waals surface area (Å²) in [5.74, 6) is 0.304. The van der Waals surface area contributed by atoms with E-state index in [9.17, 15) is 4.79 Å². The summed E-state index contributed by atoms with van der Waals surface area (Å²) in [6, 6.07) is 1.51. The fourth-order valence-corrected chi connectivity index (χ4v) is 0.839. The Balaban J connectivity index is 2.87. The van der Waals surface area contributed by atoms with Crippen molar-refractivity contribution in [2.75, 3.05) is 7.11 Å². The fraction of sp³-hybridized carbons (Fsp3) is 0.222. The van der Waals surface area contributed by atoms with Gasteiger partial charge in [-0.05, 0) is 0 Å². The van der Waals surface area contributed by atoms with Gasteiger partial charge in [-0.15, -0.1) is 6.58 Å². The Kier molecular flexibility index (Phi) is 3.14. The van der Waals surface area contributed by atoms with Crippen LogP contribution >= 0.6 is 0 Å². The van der Waals surface area contributed by atoms with E-state index in [0.717, 1.165) is 0 Å². The number of hydrogen-bond donors (Lipinski definition) is 0. The molecule has 4 heteroatoms. The minimum atomic E-state index is -0.0873. The van der Waals surface area contributed by atoms with E-state index >= 15 is 0 Å². The number of allylic oxidation sites excluding steroid dienone is 1. The van der Waals surface area contributed by atoms with Crippen LogP contribution in [-0.4, -0.2) is 22.9 Å². The van der Waals surface area contributed by atoms with Gasteiger partial charge in [-0.2, -0.15) is 0 Å². The van der Waals surface area contributed by atoms with Gasteiger partial charge in [0.15, 0.2) is 5.78 Å². The third kappa shape index (κ3) is 2.37. The van der Waals surface area contributed by atoms with Crippen LogP contribution in [0.1, 0.15) is 16.9 Å². The van der Waals surface area contributed by atoms with Crippen molar-refractivity contribution in [3.63, 3.8) is 0 Å². The number of ketones is 1. The van der Waals surface area contributed by atoms with Crippen molar-refractivity contribution in [1.82, 2.24) is 9.97 Å². The van der Waals surface area contributed by atoms with Gasteiger partial charge in [-0.25, -0.2) is 9.97 Å². The molecule has 1 aromatic rings. The number of Topliss-reactive ketones (excluding diaryl/α,β-unsaturated/α-hetero) is 1. The number of carbonyl (C=O) groups excluding carboxylic acids is 1. The number of hydrogen-bond acceptors (Lipinski definition) is 4. The van der Waals surface area contributed by atoms with Crippen LogP contribution in [0.2, 0.25) is 0 Å². The molecule has 0 fully saturated rings. The molecule has 0 aliphatic carbocycles. The van der Waals surface area contributed by atoms with E-state index in [1.54, 1.807) is 0 Å². The van der Waals surface area contributed by atoms with Crippen LogP contribution in [0.4, 0.5) is 0 Å². The summed E-state index contributed by atoms with van der Waals surface area (Å²) in [4.78, 5) is 18.9. The summed E-state index contributed by atoms with van der Waals surface area (Å²) in [7, 11) is 1.49. The molecule has 1 aromatic heterocycles. The first-order valence-corrected chi connectivity index (χ1v) is 3.78. The maximum Gasteiger partial charge on any atom is 0.216 e. The molecule has 1 rings (SSSR count). The van der Waals surface area contributed by atoms with Gasteiger partial charge >= 0.3 is 0 Å². The van der Waals surface area contributed by atoms with Gasteiger partial charge in [-0.3, -0.25) is 4.79 Å². The van der Waals surface area contributed by atoms with Crippen molar-refractivity contribution >= 4 is 5.78 Å². The van der Waals surface area contributed by atoms with Gasteiger partial charge in [0.05, 0.1) is 7.11 Å². The third-order valence-corrected chi connectivity index (χ3v) is 1.47. The third-order valence-electron chi connectivity index (χ3n) is 1.47. The minimum Gasteiger partial charge on any atom is -0.481 e. The van der Waals surface area contributed by atoms with Crippen molar-refractivity contribution in [1.29, 1.82) is 0 Å². The lowest BCUT2D eigenvalue weighted by Gasteiger charge is -1.99. The largest absolute Gasteiger partial charge is 0.481 e. The SMILES string of the molecule is C=CCC(=O)c1cc(OC)ncn1. The summed E-state index contributed by atoms with van der Waals surface area (Å²) < 4.78 is 4.85. The number of rotatable bonds is 4. The monoisotopic (exact) mass is 178 g/mol. The molecule has 0 saturated heterocycles. The number of carbonyl (C=O) groups is 1. The van der Waals surface area contributed by atoms with Crippen LogP contribution in [0.5, 0.6) is 5.88 Å². The molecule has 0 aliphatic heterocycles. The van der Waals surface area contributed by atoms with Gasteiger partial charge in [-0.1, -0.05) is 6.08 Å². The van der Waals surface area contributed by atoms with Crippen molar-refractivity contribution in [3.8, 4) is 5.88 Å². The average Bonchev–Trinajstić information content (AvgIpc) is 2.18. The Labute approximate surface area is 76.3 Å². The zero-order valence-corrected chi connectivity index (χ0v) is 7.36. The molecule has 0 saturated carbocycles. The average molecular weight is 178 g/mol. The minimum absolute atomic E-state index is 0.0873. The highest BCUT2D eigenvalue weighted by Gasteiger charge is 2.06. The molecule has 0 radical (unpaired) electrons. The quantitative estimate of drug-likeness (QED) is 0.514. The highest BCUT2D eigenvalue weighted by atomic mass is 16.5. The topological polar surface area (TPSA) is 52.1 Å².